The monoisotopic (exact) mass is 172 g/mol. The largest absolute Gasteiger partial charge is 0.465 e. The fourth-order valence-corrected chi connectivity index (χ4v) is 1.23. The zero-order chi connectivity index (χ0) is 9.61. The summed E-state index contributed by atoms with van der Waals surface area (Å²) in [5.41, 5.74) is 0.181. The van der Waals surface area contributed by atoms with Gasteiger partial charge in [-0.25, -0.2) is 0 Å². The van der Waals surface area contributed by atoms with E-state index in [1.807, 2.05) is 0 Å². The number of hydrogen-bond donors (Lipinski definition) is 0. The van der Waals surface area contributed by atoms with Gasteiger partial charge in [-0.3, -0.25) is 4.79 Å². The Bertz CT molecular complexity index is 143. The molecular weight excluding hydrogens is 152 g/mol. The van der Waals surface area contributed by atoms with Crippen LogP contribution in [0.1, 0.15) is 47.0 Å². The van der Waals surface area contributed by atoms with Crippen molar-refractivity contribution in [3.63, 3.8) is 0 Å². The van der Waals surface area contributed by atoms with Crippen LogP contribution in [-0.2, 0) is 9.53 Å². The molecule has 0 radical (unpaired) electrons. The predicted molar refractivity (Wildman–Crippen MR) is 49.9 cm³/mol. The summed E-state index contributed by atoms with van der Waals surface area (Å²) in [4.78, 5) is 10.6. The maximum Gasteiger partial charge on any atom is 0.302 e. The van der Waals surface area contributed by atoms with Crippen LogP contribution in [0.15, 0.2) is 0 Å². The smallest absolute Gasteiger partial charge is 0.302 e. The minimum atomic E-state index is -0.175. The molecule has 0 heterocycles. The minimum absolute atomic E-state index is 0.175. The second kappa shape index (κ2) is 5.18. The van der Waals surface area contributed by atoms with Gasteiger partial charge in [-0.05, 0) is 12.8 Å². The molecule has 0 saturated carbocycles. The highest BCUT2D eigenvalue weighted by Gasteiger charge is 2.22. The normalized spacial score (nSPS) is 15.3. The van der Waals surface area contributed by atoms with Crippen molar-refractivity contribution in [2.75, 3.05) is 6.61 Å². The molecule has 0 fully saturated rings. The molecule has 0 aromatic carbocycles. The molecule has 0 amide bonds. The average Bonchev–Trinajstić information content (AvgIpc) is 2.02. The number of esters is 1. The Labute approximate surface area is 75.3 Å². The molecule has 0 rings (SSSR count). The quantitative estimate of drug-likeness (QED) is 0.596. The van der Waals surface area contributed by atoms with Crippen LogP contribution in [0.25, 0.3) is 0 Å². The third kappa shape index (κ3) is 4.37. The molecule has 0 aromatic rings. The molecule has 0 saturated heterocycles. The molecule has 12 heavy (non-hydrogen) atoms. The van der Waals surface area contributed by atoms with E-state index >= 15 is 0 Å². The Morgan fingerprint density at radius 3 is 2.33 bits per heavy atom. The van der Waals surface area contributed by atoms with E-state index in [0.717, 1.165) is 19.3 Å². The maximum absolute atomic E-state index is 10.6. The number of carbonyl (C=O) groups is 1. The van der Waals surface area contributed by atoms with Crippen LogP contribution in [0.2, 0.25) is 0 Å². The van der Waals surface area contributed by atoms with Gasteiger partial charge in [0.2, 0.25) is 0 Å². The topological polar surface area (TPSA) is 26.3 Å². The van der Waals surface area contributed by atoms with Gasteiger partial charge in [0.15, 0.2) is 0 Å². The first-order valence-electron chi connectivity index (χ1n) is 4.67. The van der Waals surface area contributed by atoms with Crippen LogP contribution < -0.4 is 0 Å². The van der Waals surface area contributed by atoms with Gasteiger partial charge >= 0.3 is 5.97 Å². The number of hydrogen-bond acceptors (Lipinski definition) is 2. The van der Waals surface area contributed by atoms with E-state index in [1.54, 1.807) is 0 Å². The van der Waals surface area contributed by atoms with E-state index in [9.17, 15) is 4.79 Å². The fraction of sp³-hybridized carbons (Fsp3) is 0.900. The summed E-state index contributed by atoms with van der Waals surface area (Å²) < 4.78 is 5.01. The van der Waals surface area contributed by atoms with E-state index in [0.29, 0.717) is 6.61 Å². The van der Waals surface area contributed by atoms with Gasteiger partial charge in [-0.1, -0.05) is 27.2 Å². The van der Waals surface area contributed by atoms with Crippen molar-refractivity contribution in [3.05, 3.63) is 0 Å². The van der Waals surface area contributed by atoms with Crippen molar-refractivity contribution in [3.8, 4) is 0 Å². The molecule has 0 aliphatic heterocycles. The van der Waals surface area contributed by atoms with Gasteiger partial charge in [-0.15, -0.1) is 0 Å². The Kier molecular flexibility index (Phi) is 4.95. The third-order valence-corrected chi connectivity index (χ3v) is 2.33. The summed E-state index contributed by atoms with van der Waals surface area (Å²) in [6.45, 7) is 8.48. The summed E-state index contributed by atoms with van der Waals surface area (Å²) in [5, 5.41) is 0. The van der Waals surface area contributed by atoms with E-state index in [1.165, 1.54) is 6.92 Å². The molecule has 0 aliphatic rings. The number of rotatable bonds is 5. The highest BCUT2D eigenvalue weighted by molar-refractivity contribution is 5.65. The lowest BCUT2D eigenvalue weighted by Gasteiger charge is -2.26. The summed E-state index contributed by atoms with van der Waals surface area (Å²) >= 11 is 0. The molecular formula is C10H20O2. The van der Waals surface area contributed by atoms with E-state index in [4.69, 9.17) is 4.74 Å². The third-order valence-electron chi connectivity index (χ3n) is 2.33. The average molecular weight is 172 g/mol. The number of carbonyl (C=O) groups excluding carboxylic acids is 1. The Morgan fingerprint density at radius 2 is 2.00 bits per heavy atom. The van der Waals surface area contributed by atoms with Crippen molar-refractivity contribution < 1.29 is 9.53 Å². The molecule has 1 unspecified atom stereocenters. The fourth-order valence-electron chi connectivity index (χ4n) is 1.23. The van der Waals surface area contributed by atoms with Crippen molar-refractivity contribution in [2.45, 2.75) is 47.0 Å². The highest BCUT2D eigenvalue weighted by atomic mass is 16.5. The highest BCUT2D eigenvalue weighted by Crippen LogP contribution is 2.27. The molecule has 0 aliphatic carbocycles. The van der Waals surface area contributed by atoms with Crippen molar-refractivity contribution in [1.29, 1.82) is 0 Å². The molecule has 72 valence electrons. The first kappa shape index (κ1) is 11.5. The lowest BCUT2D eigenvalue weighted by atomic mass is 9.84. The standard InChI is InChI=1S/C10H20O2/c1-5-7-10(4,6-2)8-12-9(3)11/h5-8H2,1-4H3. The van der Waals surface area contributed by atoms with Gasteiger partial charge in [0.25, 0.3) is 0 Å². The Morgan fingerprint density at radius 1 is 1.42 bits per heavy atom. The first-order valence-corrected chi connectivity index (χ1v) is 4.67. The first-order chi connectivity index (χ1) is 5.54. The summed E-state index contributed by atoms with van der Waals surface area (Å²) in [6, 6.07) is 0. The van der Waals surface area contributed by atoms with Gasteiger partial charge in [-0.2, -0.15) is 0 Å². The Hall–Kier alpha value is -0.530. The van der Waals surface area contributed by atoms with Crippen molar-refractivity contribution in [1.82, 2.24) is 0 Å². The van der Waals surface area contributed by atoms with Crippen LogP contribution in [0.4, 0.5) is 0 Å². The minimum Gasteiger partial charge on any atom is -0.465 e. The zero-order valence-corrected chi connectivity index (χ0v) is 8.64. The van der Waals surface area contributed by atoms with E-state index in [-0.39, 0.29) is 11.4 Å². The SMILES string of the molecule is CCCC(C)(CC)COC(C)=O. The summed E-state index contributed by atoms with van der Waals surface area (Å²) in [6.07, 6.45) is 3.33. The lowest BCUT2D eigenvalue weighted by Crippen LogP contribution is -2.23. The van der Waals surface area contributed by atoms with Crippen LogP contribution in [-0.4, -0.2) is 12.6 Å². The Balaban J connectivity index is 3.86. The second-order valence-corrected chi connectivity index (χ2v) is 3.69. The molecule has 2 nitrogen and oxygen atoms in total. The zero-order valence-electron chi connectivity index (χ0n) is 8.64. The number of ether oxygens (including phenoxy) is 1. The van der Waals surface area contributed by atoms with Crippen molar-refractivity contribution in [2.24, 2.45) is 5.41 Å². The molecule has 0 spiro atoms. The van der Waals surface area contributed by atoms with Crippen LogP contribution in [0.5, 0.6) is 0 Å². The van der Waals surface area contributed by atoms with Crippen molar-refractivity contribution >= 4 is 5.97 Å². The van der Waals surface area contributed by atoms with Gasteiger partial charge in [0.1, 0.15) is 0 Å². The summed E-state index contributed by atoms with van der Waals surface area (Å²) in [7, 11) is 0. The predicted octanol–water partition coefficient (Wildman–Crippen LogP) is 2.77. The maximum atomic E-state index is 10.6. The summed E-state index contributed by atoms with van der Waals surface area (Å²) in [5.74, 6) is -0.175. The molecule has 0 bridgehead atoms. The molecule has 1 atom stereocenters. The van der Waals surface area contributed by atoms with Crippen LogP contribution >= 0.6 is 0 Å². The molecule has 0 aromatic heterocycles. The van der Waals surface area contributed by atoms with E-state index in [2.05, 4.69) is 20.8 Å². The van der Waals surface area contributed by atoms with Gasteiger partial charge < -0.3 is 4.74 Å². The lowest BCUT2D eigenvalue weighted by molar-refractivity contribution is -0.144. The van der Waals surface area contributed by atoms with Crippen LogP contribution in [0, 0.1) is 5.41 Å². The molecule has 2 heteroatoms. The molecule has 0 N–H and O–H groups in total. The van der Waals surface area contributed by atoms with Gasteiger partial charge in [0, 0.05) is 12.3 Å². The second-order valence-electron chi connectivity index (χ2n) is 3.69. The van der Waals surface area contributed by atoms with Crippen LogP contribution in [0.3, 0.4) is 0 Å². The van der Waals surface area contributed by atoms with E-state index < -0.39 is 0 Å². The van der Waals surface area contributed by atoms with Gasteiger partial charge in [0.05, 0.1) is 6.61 Å².